The standard InChI is InChI=1S/C12H11BrN2O2/c13-11-6-8-7(2-1-3-10(8)17-11)9-4-5-14-12(16)15-9/h1-3,6,9H,4-5H2,(H2,14,15,16). The van der Waals surface area contributed by atoms with E-state index in [-0.39, 0.29) is 12.1 Å². The third-order valence-corrected chi connectivity index (χ3v) is 3.36. The van der Waals surface area contributed by atoms with Crippen molar-refractivity contribution >= 4 is 32.9 Å². The summed E-state index contributed by atoms with van der Waals surface area (Å²) in [6.45, 7) is 0.700. The summed E-state index contributed by atoms with van der Waals surface area (Å²) >= 11 is 3.33. The van der Waals surface area contributed by atoms with Crippen molar-refractivity contribution in [3.8, 4) is 0 Å². The van der Waals surface area contributed by atoms with Crippen molar-refractivity contribution in [2.24, 2.45) is 0 Å². The van der Waals surface area contributed by atoms with Crippen LogP contribution >= 0.6 is 15.9 Å². The Bertz CT molecular complexity index is 579. The van der Waals surface area contributed by atoms with Gasteiger partial charge >= 0.3 is 6.03 Å². The van der Waals surface area contributed by atoms with E-state index in [1.165, 1.54) is 0 Å². The molecule has 1 aromatic carbocycles. The second-order valence-corrected chi connectivity index (χ2v) is 4.83. The van der Waals surface area contributed by atoms with Crippen molar-refractivity contribution in [3.63, 3.8) is 0 Å². The van der Waals surface area contributed by atoms with E-state index in [0.717, 1.165) is 23.0 Å². The molecule has 5 heteroatoms. The van der Waals surface area contributed by atoms with Gasteiger partial charge in [-0.2, -0.15) is 0 Å². The minimum Gasteiger partial charge on any atom is -0.449 e. The summed E-state index contributed by atoms with van der Waals surface area (Å²) in [6.07, 6.45) is 0.883. The number of hydrogen-bond acceptors (Lipinski definition) is 2. The first kappa shape index (κ1) is 10.7. The molecule has 1 fully saturated rings. The van der Waals surface area contributed by atoms with E-state index in [0.29, 0.717) is 11.2 Å². The monoisotopic (exact) mass is 294 g/mol. The number of carbonyl (C=O) groups is 1. The second kappa shape index (κ2) is 4.07. The molecule has 2 aromatic rings. The van der Waals surface area contributed by atoms with Crippen LogP contribution in [0, 0.1) is 0 Å². The van der Waals surface area contributed by atoms with E-state index in [1.807, 2.05) is 24.3 Å². The molecule has 88 valence electrons. The van der Waals surface area contributed by atoms with Gasteiger partial charge in [-0.3, -0.25) is 0 Å². The Kier molecular flexibility index (Phi) is 2.55. The van der Waals surface area contributed by atoms with Gasteiger partial charge < -0.3 is 15.1 Å². The number of nitrogens with one attached hydrogen (secondary N) is 2. The quantitative estimate of drug-likeness (QED) is 0.850. The Labute approximate surface area is 106 Å². The lowest BCUT2D eigenvalue weighted by molar-refractivity contribution is 0.229. The predicted molar refractivity (Wildman–Crippen MR) is 67.8 cm³/mol. The molecule has 1 aliphatic rings. The first-order valence-corrected chi connectivity index (χ1v) is 6.25. The van der Waals surface area contributed by atoms with Gasteiger partial charge in [0, 0.05) is 11.9 Å². The van der Waals surface area contributed by atoms with Crippen molar-refractivity contribution < 1.29 is 9.21 Å². The number of urea groups is 1. The number of carbonyl (C=O) groups excluding carboxylic acids is 1. The maximum Gasteiger partial charge on any atom is 0.315 e. The maximum absolute atomic E-state index is 11.3. The molecule has 1 aromatic heterocycles. The molecule has 0 bridgehead atoms. The average molecular weight is 295 g/mol. The molecule has 4 nitrogen and oxygen atoms in total. The van der Waals surface area contributed by atoms with E-state index in [2.05, 4.69) is 26.6 Å². The molecule has 0 saturated carbocycles. The molecule has 17 heavy (non-hydrogen) atoms. The Hall–Kier alpha value is -1.49. The topological polar surface area (TPSA) is 54.3 Å². The Morgan fingerprint density at radius 1 is 1.41 bits per heavy atom. The van der Waals surface area contributed by atoms with Crippen molar-refractivity contribution in [1.29, 1.82) is 0 Å². The van der Waals surface area contributed by atoms with Crippen LogP contribution in [-0.2, 0) is 0 Å². The van der Waals surface area contributed by atoms with Gasteiger partial charge in [0.25, 0.3) is 0 Å². The number of amides is 2. The van der Waals surface area contributed by atoms with Crippen LogP contribution < -0.4 is 10.6 Å². The van der Waals surface area contributed by atoms with Gasteiger partial charge in [0.1, 0.15) is 5.58 Å². The largest absolute Gasteiger partial charge is 0.449 e. The highest BCUT2D eigenvalue weighted by Gasteiger charge is 2.21. The van der Waals surface area contributed by atoms with Gasteiger partial charge in [-0.25, -0.2) is 4.79 Å². The average Bonchev–Trinajstić information content (AvgIpc) is 2.68. The van der Waals surface area contributed by atoms with E-state index in [4.69, 9.17) is 4.42 Å². The third kappa shape index (κ3) is 1.91. The van der Waals surface area contributed by atoms with Crippen LogP contribution in [0.15, 0.2) is 33.4 Å². The van der Waals surface area contributed by atoms with Crippen molar-refractivity contribution in [2.75, 3.05) is 6.54 Å². The molecule has 1 atom stereocenters. The first-order valence-electron chi connectivity index (χ1n) is 5.46. The highest BCUT2D eigenvalue weighted by molar-refractivity contribution is 9.10. The van der Waals surface area contributed by atoms with Crippen molar-refractivity contribution in [1.82, 2.24) is 10.6 Å². The zero-order chi connectivity index (χ0) is 11.8. The lowest BCUT2D eigenvalue weighted by atomic mass is 9.99. The number of benzene rings is 1. The van der Waals surface area contributed by atoms with Crippen LogP contribution in [0.3, 0.4) is 0 Å². The second-order valence-electron chi connectivity index (χ2n) is 4.05. The minimum atomic E-state index is -0.110. The summed E-state index contributed by atoms with van der Waals surface area (Å²) in [5.74, 6) is 0. The SMILES string of the molecule is O=C1NCCC(c2cccc3oc(Br)cc23)N1. The summed E-state index contributed by atoms with van der Waals surface area (Å²) in [6, 6.07) is 7.78. The zero-order valence-corrected chi connectivity index (χ0v) is 10.6. The Morgan fingerprint density at radius 3 is 3.12 bits per heavy atom. The summed E-state index contributed by atoms with van der Waals surface area (Å²) in [7, 11) is 0. The van der Waals surface area contributed by atoms with E-state index in [9.17, 15) is 4.79 Å². The van der Waals surface area contributed by atoms with Gasteiger partial charge in [0.2, 0.25) is 0 Å². The van der Waals surface area contributed by atoms with E-state index >= 15 is 0 Å². The molecular formula is C12H11BrN2O2. The Balaban J connectivity index is 2.06. The summed E-state index contributed by atoms with van der Waals surface area (Å²) in [5.41, 5.74) is 1.94. The smallest absolute Gasteiger partial charge is 0.315 e. The Morgan fingerprint density at radius 2 is 2.29 bits per heavy atom. The number of hydrogen-bond donors (Lipinski definition) is 2. The van der Waals surface area contributed by atoms with Crippen LogP contribution in [0.1, 0.15) is 18.0 Å². The van der Waals surface area contributed by atoms with Gasteiger partial charge in [-0.05, 0) is 40.0 Å². The van der Waals surface area contributed by atoms with Gasteiger partial charge in [-0.1, -0.05) is 12.1 Å². The normalized spacial score (nSPS) is 20.1. The molecule has 1 aliphatic heterocycles. The van der Waals surface area contributed by atoms with E-state index < -0.39 is 0 Å². The van der Waals surface area contributed by atoms with Gasteiger partial charge in [0.15, 0.2) is 4.67 Å². The molecule has 1 unspecified atom stereocenters. The number of fused-ring (bicyclic) bond motifs is 1. The van der Waals surface area contributed by atoms with Crippen LogP contribution in [0.25, 0.3) is 11.0 Å². The van der Waals surface area contributed by atoms with Crippen LogP contribution in [0.2, 0.25) is 0 Å². The molecule has 0 spiro atoms. The van der Waals surface area contributed by atoms with Crippen LogP contribution in [0.4, 0.5) is 4.79 Å². The molecule has 2 N–H and O–H groups in total. The fourth-order valence-corrected chi connectivity index (χ4v) is 2.60. The fraction of sp³-hybridized carbons (Fsp3) is 0.250. The first-order chi connectivity index (χ1) is 8.24. The van der Waals surface area contributed by atoms with Crippen molar-refractivity contribution in [3.05, 3.63) is 34.5 Å². The van der Waals surface area contributed by atoms with Gasteiger partial charge in [0.05, 0.1) is 6.04 Å². The molecule has 1 saturated heterocycles. The minimum absolute atomic E-state index is 0.0527. The van der Waals surface area contributed by atoms with Crippen LogP contribution in [-0.4, -0.2) is 12.6 Å². The number of halogens is 1. The highest BCUT2D eigenvalue weighted by atomic mass is 79.9. The third-order valence-electron chi connectivity index (χ3n) is 2.96. The fourth-order valence-electron chi connectivity index (χ4n) is 2.20. The lowest BCUT2D eigenvalue weighted by Crippen LogP contribution is -2.44. The van der Waals surface area contributed by atoms with Crippen LogP contribution in [0.5, 0.6) is 0 Å². The van der Waals surface area contributed by atoms with Gasteiger partial charge in [-0.15, -0.1) is 0 Å². The number of rotatable bonds is 1. The molecule has 2 amide bonds. The highest BCUT2D eigenvalue weighted by Crippen LogP contribution is 2.31. The number of furan rings is 1. The maximum atomic E-state index is 11.3. The predicted octanol–water partition coefficient (Wildman–Crippen LogP) is 2.94. The van der Waals surface area contributed by atoms with Crippen molar-refractivity contribution in [2.45, 2.75) is 12.5 Å². The molecule has 0 aliphatic carbocycles. The van der Waals surface area contributed by atoms with E-state index in [1.54, 1.807) is 0 Å². The molecule has 0 radical (unpaired) electrons. The molecular weight excluding hydrogens is 284 g/mol. The molecule has 2 heterocycles. The summed E-state index contributed by atoms with van der Waals surface area (Å²) < 4.78 is 6.22. The molecule has 3 rings (SSSR count). The zero-order valence-electron chi connectivity index (χ0n) is 9.00. The summed E-state index contributed by atoms with van der Waals surface area (Å²) in [4.78, 5) is 11.3. The summed E-state index contributed by atoms with van der Waals surface area (Å²) in [5, 5.41) is 6.73. The lowest BCUT2D eigenvalue weighted by Gasteiger charge is -2.24.